The van der Waals surface area contributed by atoms with Crippen LogP contribution in [-0.4, -0.2) is 70.8 Å². The van der Waals surface area contributed by atoms with Crippen molar-refractivity contribution < 1.29 is 9.90 Å². The van der Waals surface area contributed by atoms with E-state index in [-0.39, 0.29) is 5.56 Å². The number of carbonyl (C=O) groups is 1. The number of amides is 1. The molecule has 208 valence electrons. The summed E-state index contributed by atoms with van der Waals surface area (Å²) < 4.78 is 0. The Morgan fingerprint density at radius 2 is 1.72 bits per heavy atom. The van der Waals surface area contributed by atoms with E-state index in [0.29, 0.717) is 36.1 Å². The Morgan fingerprint density at radius 1 is 1.03 bits per heavy atom. The van der Waals surface area contributed by atoms with Crippen molar-refractivity contribution in [2.75, 3.05) is 53.6 Å². The Morgan fingerprint density at radius 3 is 2.38 bits per heavy atom. The van der Waals surface area contributed by atoms with E-state index in [1.165, 1.54) is 6.20 Å². The predicted octanol–water partition coefficient (Wildman–Crippen LogP) is 3.79. The van der Waals surface area contributed by atoms with Crippen LogP contribution in [0.1, 0.15) is 43.1 Å². The van der Waals surface area contributed by atoms with Crippen molar-refractivity contribution >= 4 is 34.3 Å². The fourth-order valence-electron chi connectivity index (χ4n) is 4.64. The third-order valence-electron chi connectivity index (χ3n) is 7.08. The average molecular weight is 534 g/mol. The summed E-state index contributed by atoms with van der Waals surface area (Å²) in [5.74, 6) is -0.505. The molecule has 1 atom stereocenters. The zero-order valence-electron chi connectivity index (χ0n) is 23.1. The highest BCUT2D eigenvalue weighted by molar-refractivity contribution is 6.08. The van der Waals surface area contributed by atoms with Crippen LogP contribution in [0.4, 0.5) is 28.4 Å². The summed E-state index contributed by atoms with van der Waals surface area (Å²) in [5, 5.41) is 18.9. The average Bonchev–Trinajstić information content (AvgIpc) is 2.91. The summed E-state index contributed by atoms with van der Waals surface area (Å²) in [6.45, 7) is 12.7. The molecule has 0 bridgehead atoms. The summed E-state index contributed by atoms with van der Waals surface area (Å²) >= 11 is 0. The molecule has 0 radical (unpaired) electrons. The molecule has 10 nitrogen and oxygen atoms in total. The first-order valence-electron chi connectivity index (χ1n) is 13.5. The minimum atomic E-state index is -0.505. The lowest BCUT2D eigenvalue weighted by Crippen LogP contribution is -2.48. The molecule has 4 rings (SSSR count). The molecule has 1 aromatic carbocycles. The molecule has 1 unspecified atom stereocenters. The highest BCUT2D eigenvalue weighted by Crippen LogP contribution is 2.27. The van der Waals surface area contributed by atoms with Crippen molar-refractivity contribution in [1.29, 1.82) is 0 Å². The van der Waals surface area contributed by atoms with E-state index in [0.717, 1.165) is 43.1 Å². The Hall–Kier alpha value is -3.89. The van der Waals surface area contributed by atoms with Crippen LogP contribution in [0.5, 0.6) is 0 Å². The van der Waals surface area contributed by atoms with Gasteiger partial charge in [0.15, 0.2) is 0 Å². The van der Waals surface area contributed by atoms with E-state index in [9.17, 15) is 14.7 Å². The van der Waals surface area contributed by atoms with Gasteiger partial charge in [0.1, 0.15) is 5.56 Å². The summed E-state index contributed by atoms with van der Waals surface area (Å²) in [6, 6.07) is 9.93. The van der Waals surface area contributed by atoms with Gasteiger partial charge in [0.05, 0.1) is 35.6 Å². The number of pyridine rings is 2. The van der Waals surface area contributed by atoms with Gasteiger partial charge in [-0.2, -0.15) is 0 Å². The van der Waals surface area contributed by atoms with Crippen molar-refractivity contribution in [3.8, 4) is 0 Å². The molecule has 1 aliphatic rings. The molecule has 0 aliphatic carbocycles. The van der Waals surface area contributed by atoms with Gasteiger partial charge < -0.3 is 30.9 Å². The third kappa shape index (κ3) is 7.15. The normalized spacial score (nSPS) is 14.8. The molecule has 1 saturated heterocycles. The Kier molecular flexibility index (Phi) is 9.21. The molecule has 5 N–H and O–H groups in total. The first-order chi connectivity index (χ1) is 18.7. The number of nitrogens with zero attached hydrogens (tertiary/aromatic N) is 3. The van der Waals surface area contributed by atoms with Crippen LogP contribution < -0.4 is 26.4 Å². The maximum absolute atomic E-state index is 13.3. The van der Waals surface area contributed by atoms with E-state index in [1.54, 1.807) is 25.4 Å². The number of nitrogens with one attached hydrogen (secondary N) is 4. The van der Waals surface area contributed by atoms with Crippen molar-refractivity contribution in [2.24, 2.45) is 0 Å². The molecular weight excluding hydrogens is 494 g/mol. The van der Waals surface area contributed by atoms with Gasteiger partial charge in [-0.05, 0) is 70.0 Å². The number of benzene rings is 1. The first-order valence-corrected chi connectivity index (χ1v) is 13.5. The summed E-state index contributed by atoms with van der Waals surface area (Å²) in [7, 11) is 0. The zero-order chi connectivity index (χ0) is 27.9. The van der Waals surface area contributed by atoms with Gasteiger partial charge in [0.25, 0.3) is 11.5 Å². The number of piperazine rings is 1. The van der Waals surface area contributed by atoms with E-state index in [2.05, 4.69) is 49.6 Å². The van der Waals surface area contributed by atoms with Crippen molar-refractivity contribution in [1.82, 2.24) is 14.9 Å². The van der Waals surface area contributed by atoms with Gasteiger partial charge in [0, 0.05) is 56.3 Å². The minimum Gasteiger partial charge on any atom is -0.393 e. The lowest BCUT2D eigenvalue weighted by Gasteiger charge is -2.38. The number of aliphatic hydroxyl groups excluding tert-OH is 1. The lowest BCUT2D eigenvalue weighted by atomic mass is 10.1. The quantitative estimate of drug-likeness (QED) is 0.267. The molecule has 3 aromatic rings. The fraction of sp³-hybridized carbons (Fsp3) is 0.414. The Bertz CT molecular complexity index is 1310. The summed E-state index contributed by atoms with van der Waals surface area (Å²) in [6.07, 6.45) is 5.06. The zero-order valence-corrected chi connectivity index (χ0v) is 23.1. The number of carbonyl (C=O) groups excluding carboxylic acids is 1. The molecule has 10 heteroatoms. The number of hydrogen-bond acceptors (Lipinski definition) is 8. The van der Waals surface area contributed by atoms with E-state index in [4.69, 9.17) is 0 Å². The number of rotatable bonds is 10. The highest BCUT2D eigenvalue weighted by atomic mass is 16.3. The third-order valence-corrected chi connectivity index (χ3v) is 7.08. The van der Waals surface area contributed by atoms with Crippen LogP contribution in [0.2, 0.25) is 0 Å². The van der Waals surface area contributed by atoms with Crippen LogP contribution in [0.25, 0.3) is 0 Å². The van der Waals surface area contributed by atoms with Crippen molar-refractivity contribution in [3.63, 3.8) is 0 Å². The predicted molar refractivity (Wildman–Crippen MR) is 157 cm³/mol. The van der Waals surface area contributed by atoms with Gasteiger partial charge in [-0.25, -0.2) is 0 Å². The van der Waals surface area contributed by atoms with Gasteiger partial charge in [0.2, 0.25) is 0 Å². The molecular formula is C29H39N7O3. The number of H-pyrrole nitrogens is 1. The highest BCUT2D eigenvalue weighted by Gasteiger charge is 2.20. The second-order valence-corrected chi connectivity index (χ2v) is 10.3. The number of aromatic amines is 1. The Balaban J connectivity index is 1.45. The van der Waals surface area contributed by atoms with E-state index in [1.807, 2.05) is 31.2 Å². The standard InChI is InChI=1S/C29H39N7O3/c1-19(2)35-13-15-36(16-14-35)23-7-5-22(6-8-23)33-29(39)27-24(10-12-32-28(27)38)34-26-18-30-17-25(21(26)4)31-11-9-20(3)37/h5-8,10,12,17-20,31,37H,9,11,13-16H2,1-4H3,(H,33,39)(H2,32,34,38). The van der Waals surface area contributed by atoms with Gasteiger partial charge in [-0.15, -0.1) is 0 Å². The molecule has 2 aromatic heterocycles. The topological polar surface area (TPSA) is 126 Å². The molecule has 0 spiro atoms. The van der Waals surface area contributed by atoms with Crippen LogP contribution in [0.15, 0.2) is 53.7 Å². The van der Waals surface area contributed by atoms with Crippen LogP contribution in [0, 0.1) is 6.92 Å². The molecule has 39 heavy (non-hydrogen) atoms. The Labute approximate surface area is 229 Å². The summed E-state index contributed by atoms with van der Waals surface area (Å²) in [4.78, 5) is 37.7. The second-order valence-electron chi connectivity index (χ2n) is 10.3. The molecule has 1 aliphatic heterocycles. The lowest BCUT2D eigenvalue weighted by molar-refractivity contribution is 0.102. The monoisotopic (exact) mass is 533 g/mol. The smallest absolute Gasteiger partial charge is 0.263 e. The maximum Gasteiger partial charge on any atom is 0.263 e. The molecule has 0 saturated carbocycles. The maximum atomic E-state index is 13.3. The summed E-state index contributed by atoms with van der Waals surface area (Å²) in [5.41, 5.74) is 3.95. The number of hydrogen-bond donors (Lipinski definition) is 5. The van der Waals surface area contributed by atoms with Crippen LogP contribution >= 0.6 is 0 Å². The number of anilines is 5. The molecule has 1 amide bonds. The molecule has 3 heterocycles. The SMILES string of the molecule is Cc1c(NCCC(C)O)cncc1Nc1cc[nH]c(=O)c1C(=O)Nc1ccc(N2CCN(C(C)C)CC2)cc1. The van der Waals surface area contributed by atoms with Crippen LogP contribution in [-0.2, 0) is 0 Å². The fourth-order valence-corrected chi connectivity index (χ4v) is 4.64. The number of aliphatic hydroxyl groups is 1. The van der Waals surface area contributed by atoms with E-state index < -0.39 is 17.6 Å². The van der Waals surface area contributed by atoms with Gasteiger partial charge in [-0.1, -0.05) is 0 Å². The second kappa shape index (κ2) is 12.8. The van der Waals surface area contributed by atoms with Crippen LogP contribution in [0.3, 0.4) is 0 Å². The van der Waals surface area contributed by atoms with Gasteiger partial charge in [-0.3, -0.25) is 19.5 Å². The number of aromatic nitrogens is 2. The minimum absolute atomic E-state index is 0.0155. The van der Waals surface area contributed by atoms with Gasteiger partial charge >= 0.3 is 0 Å². The first kappa shape index (κ1) is 28.1. The van der Waals surface area contributed by atoms with Crippen molar-refractivity contribution in [3.05, 3.63) is 70.4 Å². The molecule has 1 fully saturated rings. The van der Waals surface area contributed by atoms with Crippen molar-refractivity contribution in [2.45, 2.75) is 46.3 Å². The van der Waals surface area contributed by atoms with E-state index >= 15 is 0 Å². The largest absolute Gasteiger partial charge is 0.393 e.